The molecule has 1 amide bonds. The maximum absolute atomic E-state index is 12.6. The van der Waals surface area contributed by atoms with Crippen molar-refractivity contribution in [1.82, 2.24) is 9.97 Å². The zero-order valence-corrected chi connectivity index (χ0v) is 14.4. The number of ether oxygens (including phenoxy) is 1. The van der Waals surface area contributed by atoms with E-state index in [1.165, 1.54) is 0 Å². The number of morpholine rings is 1. The average molecular weight is 341 g/mol. The number of carbonyl (C=O) groups is 1. The van der Waals surface area contributed by atoms with E-state index in [9.17, 15) is 4.79 Å². The summed E-state index contributed by atoms with van der Waals surface area (Å²) in [6.45, 7) is 5.84. The first-order chi connectivity index (χ1) is 12.3. The summed E-state index contributed by atoms with van der Waals surface area (Å²) in [7, 11) is 0. The Morgan fingerprint density at radius 1 is 1.24 bits per heavy atom. The van der Waals surface area contributed by atoms with E-state index in [2.05, 4.69) is 32.4 Å². The molecule has 2 N–H and O–H groups in total. The van der Waals surface area contributed by atoms with Gasteiger partial charge in [-0.3, -0.25) is 4.79 Å². The Bertz CT molecular complexity index is 716. The topological polar surface area (TPSA) is 79.4 Å². The van der Waals surface area contributed by atoms with Crippen molar-refractivity contribution in [3.8, 4) is 0 Å². The molecule has 3 rings (SSSR count). The highest BCUT2D eigenvalue weighted by Gasteiger charge is 2.17. The van der Waals surface area contributed by atoms with E-state index < -0.39 is 0 Å². The minimum Gasteiger partial charge on any atom is -0.378 e. The van der Waals surface area contributed by atoms with Crippen LogP contribution in [0.1, 0.15) is 23.8 Å². The van der Waals surface area contributed by atoms with E-state index in [4.69, 9.17) is 4.74 Å². The Morgan fingerprint density at radius 3 is 2.84 bits per heavy atom. The Balaban J connectivity index is 1.75. The van der Waals surface area contributed by atoms with Crippen molar-refractivity contribution in [2.24, 2.45) is 0 Å². The first-order valence-electron chi connectivity index (χ1n) is 8.58. The molecule has 0 atom stereocenters. The fraction of sp³-hybridized carbons (Fsp3) is 0.389. The molecule has 0 bridgehead atoms. The van der Waals surface area contributed by atoms with Gasteiger partial charge in [-0.2, -0.15) is 0 Å². The first kappa shape index (κ1) is 17.2. The van der Waals surface area contributed by atoms with Crippen molar-refractivity contribution in [2.45, 2.75) is 13.3 Å². The number of benzene rings is 1. The van der Waals surface area contributed by atoms with Gasteiger partial charge in [-0.25, -0.2) is 9.97 Å². The molecule has 2 heterocycles. The van der Waals surface area contributed by atoms with Crippen LogP contribution in [-0.2, 0) is 4.74 Å². The van der Waals surface area contributed by atoms with Gasteiger partial charge in [0.15, 0.2) is 0 Å². The Labute approximate surface area is 147 Å². The number of amides is 1. The smallest absolute Gasteiger partial charge is 0.274 e. The summed E-state index contributed by atoms with van der Waals surface area (Å²) in [5.74, 6) is 0.221. The van der Waals surface area contributed by atoms with Gasteiger partial charge in [-0.15, -0.1) is 0 Å². The SMILES string of the molecule is CCCNc1nccc(C(=O)Nc2ccccc2N2CCOCC2)n1. The summed E-state index contributed by atoms with van der Waals surface area (Å²) in [4.78, 5) is 23.2. The second-order valence-corrected chi connectivity index (χ2v) is 5.76. The fourth-order valence-corrected chi connectivity index (χ4v) is 2.65. The number of carbonyl (C=O) groups excluding carboxylic acids is 1. The molecule has 1 aliphatic heterocycles. The van der Waals surface area contributed by atoms with Crippen LogP contribution in [0.25, 0.3) is 0 Å². The molecule has 1 aromatic carbocycles. The number of aromatic nitrogens is 2. The number of rotatable bonds is 6. The third kappa shape index (κ3) is 4.45. The summed E-state index contributed by atoms with van der Waals surface area (Å²) in [6, 6.07) is 9.41. The highest BCUT2D eigenvalue weighted by atomic mass is 16.5. The van der Waals surface area contributed by atoms with Gasteiger partial charge in [0.25, 0.3) is 5.91 Å². The van der Waals surface area contributed by atoms with Crippen molar-refractivity contribution in [3.05, 3.63) is 42.2 Å². The van der Waals surface area contributed by atoms with Gasteiger partial charge in [0.2, 0.25) is 5.95 Å². The van der Waals surface area contributed by atoms with E-state index in [1.54, 1.807) is 12.3 Å². The third-order valence-electron chi connectivity index (χ3n) is 3.93. The summed E-state index contributed by atoms with van der Waals surface area (Å²) >= 11 is 0. The maximum atomic E-state index is 12.6. The average Bonchev–Trinajstić information content (AvgIpc) is 2.67. The summed E-state index contributed by atoms with van der Waals surface area (Å²) in [5, 5.41) is 6.06. The van der Waals surface area contributed by atoms with Crippen LogP contribution >= 0.6 is 0 Å². The predicted octanol–water partition coefficient (Wildman–Crippen LogP) is 2.39. The second kappa shape index (κ2) is 8.43. The molecule has 25 heavy (non-hydrogen) atoms. The summed E-state index contributed by atoms with van der Waals surface area (Å²) in [6.07, 6.45) is 2.56. The monoisotopic (exact) mass is 341 g/mol. The molecular formula is C18H23N5O2. The Kier molecular flexibility index (Phi) is 5.79. The van der Waals surface area contributed by atoms with Gasteiger partial charge >= 0.3 is 0 Å². The molecule has 1 saturated heterocycles. The van der Waals surface area contributed by atoms with E-state index in [0.29, 0.717) is 24.9 Å². The van der Waals surface area contributed by atoms with E-state index in [0.717, 1.165) is 37.4 Å². The number of hydrogen-bond donors (Lipinski definition) is 2. The van der Waals surface area contributed by atoms with Gasteiger partial charge in [-0.1, -0.05) is 19.1 Å². The van der Waals surface area contributed by atoms with Crippen molar-refractivity contribution in [3.63, 3.8) is 0 Å². The Hall–Kier alpha value is -2.67. The second-order valence-electron chi connectivity index (χ2n) is 5.76. The number of para-hydroxylation sites is 2. The van der Waals surface area contributed by atoms with Gasteiger partial charge in [0.1, 0.15) is 5.69 Å². The molecule has 1 fully saturated rings. The summed E-state index contributed by atoms with van der Waals surface area (Å²) in [5.41, 5.74) is 2.11. The molecule has 7 nitrogen and oxygen atoms in total. The molecule has 0 saturated carbocycles. The van der Waals surface area contributed by atoms with Crippen LogP contribution in [0.3, 0.4) is 0 Å². The van der Waals surface area contributed by atoms with Gasteiger partial charge in [0.05, 0.1) is 24.6 Å². The lowest BCUT2D eigenvalue weighted by Gasteiger charge is -2.30. The highest BCUT2D eigenvalue weighted by molar-refractivity contribution is 6.04. The van der Waals surface area contributed by atoms with Crippen LogP contribution in [0.4, 0.5) is 17.3 Å². The molecule has 1 aliphatic rings. The lowest BCUT2D eigenvalue weighted by Crippen LogP contribution is -2.36. The molecule has 7 heteroatoms. The molecule has 1 aromatic heterocycles. The van der Waals surface area contributed by atoms with E-state index >= 15 is 0 Å². The molecule has 0 radical (unpaired) electrons. The minimum atomic E-state index is -0.248. The standard InChI is InChI=1S/C18H23N5O2/c1-2-8-19-18-20-9-7-15(22-18)17(24)21-14-5-3-4-6-16(14)23-10-12-25-13-11-23/h3-7,9H,2,8,10-13H2,1H3,(H,21,24)(H,19,20,22). The van der Waals surface area contributed by atoms with Crippen molar-refractivity contribution in [1.29, 1.82) is 0 Å². The zero-order valence-electron chi connectivity index (χ0n) is 14.4. The van der Waals surface area contributed by atoms with Gasteiger partial charge < -0.3 is 20.3 Å². The number of nitrogens with zero attached hydrogens (tertiary/aromatic N) is 3. The number of hydrogen-bond acceptors (Lipinski definition) is 6. The van der Waals surface area contributed by atoms with Crippen molar-refractivity contribution >= 4 is 23.2 Å². The van der Waals surface area contributed by atoms with Crippen LogP contribution in [-0.4, -0.2) is 48.7 Å². The maximum Gasteiger partial charge on any atom is 0.274 e. The largest absolute Gasteiger partial charge is 0.378 e. The molecule has 0 aliphatic carbocycles. The van der Waals surface area contributed by atoms with Crippen LogP contribution in [0, 0.1) is 0 Å². The normalized spacial score (nSPS) is 14.2. The van der Waals surface area contributed by atoms with Crippen LogP contribution in [0.5, 0.6) is 0 Å². The zero-order chi connectivity index (χ0) is 17.5. The molecule has 2 aromatic rings. The molecule has 0 spiro atoms. The molecule has 0 unspecified atom stereocenters. The van der Waals surface area contributed by atoms with Crippen molar-refractivity contribution < 1.29 is 9.53 Å². The fourth-order valence-electron chi connectivity index (χ4n) is 2.65. The number of anilines is 3. The van der Waals surface area contributed by atoms with Crippen LogP contribution in [0.15, 0.2) is 36.5 Å². The lowest BCUT2D eigenvalue weighted by atomic mass is 10.2. The van der Waals surface area contributed by atoms with Gasteiger partial charge in [0, 0.05) is 25.8 Å². The molecule has 132 valence electrons. The lowest BCUT2D eigenvalue weighted by molar-refractivity contribution is 0.102. The van der Waals surface area contributed by atoms with Gasteiger partial charge in [-0.05, 0) is 24.6 Å². The predicted molar refractivity (Wildman–Crippen MR) is 98.2 cm³/mol. The van der Waals surface area contributed by atoms with Crippen molar-refractivity contribution in [2.75, 3.05) is 48.4 Å². The quantitative estimate of drug-likeness (QED) is 0.840. The minimum absolute atomic E-state index is 0.248. The summed E-state index contributed by atoms with van der Waals surface area (Å²) < 4.78 is 5.40. The first-order valence-corrected chi connectivity index (χ1v) is 8.58. The van der Waals surface area contributed by atoms with Crippen LogP contribution < -0.4 is 15.5 Å². The third-order valence-corrected chi connectivity index (χ3v) is 3.93. The highest BCUT2D eigenvalue weighted by Crippen LogP contribution is 2.26. The molecular weight excluding hydrogens is 318 g/mol. The van der Waals surface area contributed by atoms with E-state index in [-0.39, 0.29) is 5.91 Å². The van der Waals surface area contributed by atoms with Crippen LogP contribution in [0.2, 0.25) is 0 Å². The Morgan fingerprint density at radius 2 is 2.04 bits per heavy atom. The van der Waals surface area contributed by atoms with E-state index in [1.807, 2.05) is 24.3 Å². The number of nitrogens with one attached hydrogen (secondary N) is 2.